The van der Waals surface area contributed by atoms with Crippen molar-refractivity contribution in [1.29, 1.82) is 0 Å². The number of hydrogen-bond donors (Lipinski definition) is 1. The number of allylic oxidation sites excluding steroid dienone is 3. The maximum absolute atomic E-state index is 12.1. The average molecular weight is 327 g/mol. The van der Waals surface area contributed by atoms with Crippen molar-refractivity contribution in [3.63, 3.8) is 0 Å². The summed E-state index contributed by atoms with van der Waals surface area (Å²) >= 11 is 1.42. The van der Waals surface area contributed by atoms with E-state index in [0.29, 0.717) is 11.4 Å². The number of thiazole rings is 1. The summed E-state index contributed by atoms with van der Waals surface area (Å²) in [5.74, 6) is -0.411. The molecule has 1 N–H and O–H groups in total. The van der Waals surface area contributed by atoms with Crippen molar-refractivity contribution in [1.82, 2.24) is 10.3 Å². The van der Waals surface area contributed by atoms with Gasteiger partial charge in [0.1, 0.15) is 5.69 Å². The van der Waals surface area contributed by atoms with E-state index < -0.39 is 0 Å². The molecule has 0 radical (unpaired) electrons. The Morgan fingerprint density at radius 3 is 2.96 bits per heavy atom. The Balaban J connectivity index is 1.85. The van der Waals surface area contributed by atoms with Crippen molar-refractivity contribution >= 4 is 28.9 Å². The molecule has 1 atom stereocenters. The lowest BCUT2D eigenvalue weighted by atomic mass is 9.85. The second-order valence-corrected chi connectivity index (χ2v) is 6.55. The zero-order chi connectivity index (χ0) is 16.4. The molecule has 0 aromatic carbocycles. The van der Waals surface area contributed by atoms with Gasteiger partial charge in [-0.05, 0) is 25.5 Å². The van der Waals surface area contributed by atoms with E-state index >= 15 is 0 Å². The normalized spacial score (nSPS) is 21.6. The van der Waals surface area contributed by atoms with Gasteiger partial charge >= 0.3 is 0 Å². The van der Waals surface area contributed by atoms with E-state index in [1.54, 1.807) is 17.5 Å². The molecule has 0 saturated heterocycles. The summed E-state index contributed by atoms with van der Waals surface area (Å²) in [6.45, 7) is 3.94. The van der Waals surface area contributed by atoms with Crippen LogP contribution in [-0.4, -0.2) is 22.5 Å². The molecule has 1 aliphatic carbocycles. The molecule has 23 heavy (non-hydrogen) atoms. The van der Waals surface area contributed by atoms with E-state index in [1.165, 1.54) is 11.3 Å². The smallest absolute Gasteiger partial charge is 0.296 e. The fourth-order valence-corrected chi connectivity index (χ4v) is 3.28. The van der Waals surface area contributed by atoms with Gasteiger partial charge in [-0.25, -0.2) is 9.98 Å². The second kappa shape index (κ2) is 6.42. The lowest BCUT2D eigenvalue weighted by molar-refractivity contribution is -0.116. The third-order valence-electron chi connectivity index (χ3n) is 3.69. The number of amides is 2. The van der Waals surface area contributed by atoms with Crippen molar-refractivity contribution in [3.05, 3.63) is 51.7 Å². The highest BCUT2D eigenvalue weighted by atomic mass is 32.1. The number of aryl methyl sites for hydroxylation is 1. The molecule has 2 aliphatic rings. The van der Waals surface area contributed by atoms with E-state index in [0.717, 1.165) is 29.1 Å². The van der Waals surface area contributed by atoms with Crippen LogP contribution in [0, 0.1) is 12.8 Å². The number of carbonyl (C=O) groups is 2. The third-order valence-corrected chi connectivity index (χ3v) is 4.46. The minimum atomic E-state index is -0.365. The minimum absolute atomic E-state index is 0.0724. The van der Waals surface area contributed by atoms with Gasteiger partial charge in [0.25, 0.3) is 5.91 Å². The molecule has 2 heterocycles. The quantitative estimate of drug-likeness (QED) is 0.928. The zero-order valence-corrected chi connectivity index (χ0v) is 13.8. The molecule has 5 nitrogen and oxygen atoms in total. The summed E-state index contributed by atoms with van der Waals surface area (Å²) in [6.07, 6.45) is 9.10. The first-order valence-corrected chi connectivity index (χ1v) is 8.41. The lowest BCUT2D eigenvalue weighted by Gasteiger charge is -2.27. The molecule has 6 heteroatoms. The van der Waals surface area contributed by atoms with Crippen LogP contribution in [-0.2, 0) is 4.79 Å². The molecule has 0 bridgehead atoms. The molecule has 0 spiro atoms. The molecule has 0 saturated carbocycles. The lowest BCUT2D eigenvalue weighted by Crippen LogP contribution is -2.33. The monoisotopic (exact) mass is 327 g/mol. The molecule has 0 fully saturated rings. The van der Waals surface area contributed by atoms with Crippen LogP contribution in [0.15, 0.2) is 45.9 Å². The number of hydrogen-bond acceptors (Lipinski definition) is 4. The van der Waals surface area contributed by atoms with Gasteiger partial charge in [0.15, 0.2) is 0 Å². The van der Waals surface area contributed by atoms with Crippen LogP contribution >= 0.6 is 11.3 Å². The summed E-state index contributed by atoms with van der Waals surface area (Å²) in [4.78, 5) is 32.1. The van der Waals surface area contributed by atoms with E-state index in [9.17, 15) is 9.59 Å². The summed E-state index contributed by atoms with van der Waals surface area (Å²) in [5, 5.41) is 5.38. The fourth-order valence-electron chi connectivity index (χ4n) is 2.69. The Morgan fingerprint density at radius 1 is 1.43 bits per heavy atom. The first-order valence-electron chi connectivity index (χ1n) is 7.53. The molecular weight excluding hydrogens is 310 g/mol. The number of aromatic nitrogens is 1. The van der Waals surface area contributed by atoms with E-state index in [2.05, 4.69) is 22.2 Å². The fraction of sp³-hybridized carbons (Fsp3) is 0.294. The van der Waals surface area contributed by atoms with Gasteiger partial charge < -0.3 is 5.32 Å². The van der Waals surface area contributed by atoms with E-state index in [-0.39, 0.29) is 17.7 Å². The number of nitrogens with zero attached hydrogens (tertiary/aromatic N) is 2. The Morgan fingerprint density at radius 2 is 2.26 bits per heavy atom. The molecule has 1 unspecified atom stereocenters. The summed E-state index contributed by atoms with van der Waals surface area (Å²) in [5.41, 5.74) is 2.77. The average Bonchev–Trinajstić information content (AvgIpc) is 2.94. The van der Waals surface area contributed by atoms with Crippen LogP contribution in [0.1, 0.15) is 35.3 Å². The zero-order valence-electron chi connectivity index (χ0n) is 13.0. The van der Waals surface area contributed by atoms with Crippen LogP contribution in [0.4, 0.5) is 0 Å². The van der Waals surface area contributed by atoms with Gasteiger partial charge in [-0.2, -0.15) is 0 Å². The van der Waals surface area contributed by atoms with Gasteiger partial charge in [0, 0.05) is 23.1 Å². The third kappa shape index (κ3) is 3.37. The minimum Gasteiger partial charge on any atom is -0.325 e. The molecular formula is C17H17N3O2S. The first kappa shape index (κ1) is 15.6. The van der Waals surface area contributed by atoms with Crippen LogP contribution in [0.25, 0.3) is 0 Å². The second-order valence-electron chi connectivity index (χ2n) is 5.49. The van der Waals surface area contributed by atoms with Crippen LogP contribution in [0.2, 0.25) is 0 Å². The van der Waals surface area contributed by atoms with Crippen molar-refractivity contribution < 1.29 is 9.59 Å². The highest BCUT2D eigenvalue weighted by Crippen LogP contribution is 2.29. The topological polar surface area (TPSA) is 71.4 Å². The number of carbonyl (C=O) groups excluding carboxylic acids is 2. The van der Waals surface area contributed by atoms with Gasteiger partial charge in [-0.3, -0.25) is 9.59 Å². The van der Waals surface area contributed by atoms with Gasteiger partial charge in [0.05, 0.1) is 10.7 Å². The van der Waals surface area contributed by atoms with Crippen LogP contribution in [0.3, 0.4) is 0 Å². The van der Waals surface area contributed by atoms with Crippen molar-refractivity contribution in [3.8, 4) is 0 Å². The molecule has 1 aliphatic heterocycles. The number of rotatable bonds is 3. The molecule has 118 valence electrons. The summed E-state index contributed by atoms with van der Waals surface area (Å²) < 4.78 is 0. The van der Waals surface area contributed by atoms with Gasteiger partial charge in [-0.1, -0.05) is 25.0 Å². The molecule has 1 aromatic rings. The molecule has 2 amide bonds. The van der Waals surface area contributed by atoms with Crippen molar-refractivity contribution in [2.24, 2.45) is 10.9 Å². The summed E-state index contributed by atoms with van der Waals surface area (Å²) in [7, 11) is 0. The van der Waals surface area contributed by atoms with Crippen molar-refractivity contribution in [2.75, 3.05) is 0 Å². The SMILES string of the molecule is CCCC1=CC(=O)NC2=CC(=NC(=O)c3csc(C)n3)C=CC12. The number of nitrogens with one attached hydrogen (secondary N) is 1. The maximum Gasteiger partial charge on any atom is 0.296 e. The van der Waals surface area contributed by atoms with Crippen LogP contribution < -0.4 is 5.32 Å². The predicted molar refractivity (Wildman–Crippen MR) is 90.5 cm³/mol. The Labute approximate surface area is 138 Å². The number of aliphatic imine (C=N–C) groups is 1. The highest BCUT2D eigenvalue weighted by molar-refractivity contribution is 7.09. The van der Waals surface area contributed by atoms with Gasteiger partial charge in [0.2, 0.25) is 5.91 Å². The van der Waals surface area contributed by atoms with Gasteiger partial charge in [-0.15, -0.1) is 11.3 Å². The summed E-state index contributed by atoms with van der Waals surface area (Å²) in [6, 6.07) is 0. The van der Waals surface area contributed by atoms with E-state index in [4.69, 9.17) is 0 Å². The van der Waals surface area contributed by atoms with Crippen molar-refractivity contribution in [2.45, 2.75) is 26.7 Å². The Hall–Kier alpha value is -2.34. The first-order chi connectivity index (χ1) is 11.1. The molecule has 3 rings (SSSR count). The Kier molecular flexibility index (Phi) is 4.34. The van der Waals surface area contributed by atoms with Crippen LogP contribution in [0.5, 0.6) is 0 Å². The van der Waals surface area contributed by atoms with E-state index in [1.807, 2.05) is 19.1 Å². The highest BCUT2D eigenvalue weighted by Gasteiger charge is 2.25. The maximum atomic E-state index is 12.1. The Bertz CT molecular complexity index is 784. The standard InChI is InChI=1S/C17H17N3O2S/c1-3-4-11-7-16(21)20-14-8-12(5-6-13(11)14)19-17(22)15-9-23-10(2)18-15/h5-9,13H,3-4H2,1-2H3,(H,20,21). The molecule has 1 aromatic heterocycles. The predicted octanol–water partition coefficient (Wildman–Crippen LogP) is 2.96. The largest absolute Gasteiger partial charge is 0.325 e. The number of fused-ring (bicyclic) bond motifs is 1.